The number of nitrogens with two attached hydrogens (primary N) is 1. The molecule has 0 unspecified atom stereocenters. The van der Waals surface area contributed by atoms with Gasteiger partial charge in [-0.1, -0.05) is 12.1 Å². The van der Waals surface area contributed by atoms with Gasteiger partial charge in [-0.05, 0) is 44.5 Å². The first kappa shape index (κ1) is 12.4. The van der Waals surface area contributed by atoms with Gasteiger partial charge in [0.25, 0.3) is 0 Å². The molecule has 0 fully saturated rings. The molecule has 94 valence electrons. The molecule has 0 amide bonds. The van der Waals surface area contributed by atoms with Gasteiger partial charge in [-0.25, -0.2) is 0 Å². The van der Waals surface area contributed by atoms with Crippen LogP contribution in [0.15, 0.2) is 36.5 Å². The van der Waals surface area contributed by atoms with E-state index in [0.29, 0.717) is 5.69 Å². The molecule has 18 heavy (non-hydrogen) atoms. The summed E-state index contributed by atoms with van der Waals surface area (Å²) in [6.45, 7) is 5.94. The number of nitrogen functional groups attached to an aromatic ring is 1. The Morgan fingerprint density at radius 2 is 1.83 bits per heavy atom. The Morgan fingerprint density at radius 3 is 2.39 bits per heavy atom. The van der Waals surface area contributed by atoms with Gasteiger partial charge in [0.1, 0.15) is 5.75 Å². The van der Waals surface area contributed by atoms with E-state index >= 15 is 0 Å². The molecular formula is C15H18N2O. The van der Waals surface area contributed by atoms with Crippen molar-refractivity contribution in [1.29, 1.82) is 0 Å². The first-order valence-corrected chi connectivity index (χ1v) is 6.05. The fraction of sp³-hybridized carbons (Fsp3) is 0.267. The monoisotopic (exact) mass is 242 g/mol. The molecule has 1 aromatic heterocycles. The summed E-state index contributed by atoms with van der Waals surface area (Å²) in [5.74, 6) is 0.730. The summed E-state index contributed by atoms with van der Waals surface area (Å²) in [5.41, 5.74) is 9.76. The zero-order valence-electron chi connectivity index (χ0n) is 11.0. The summed E-state index contributed by atoms with van der Waals surface area (Å²) in [5, 5.41) is 0. The van der Waals surface area contributed by atoms with Crippen molar-refractivity contribution in [3.05, 3.63) is 42.2 Å². The molecule has 2 rings (SSSR count). The van der Waals surface area contributed by atoms with Gasteiger partial charge in [-0.2, -0.15) is 0 Å². The topological polar surface area (TPSA) is 48.1 Å². The van der Waals surface area contributed by atoms with E-state index in [1.54, 1.807) is 0 Å². The van der Waals surface area contributed by atoms with Crippen molar-refractivity contribution in [3.63, 3.8) is 0 Å². The average molecular weight is 242 g/mol. The second kappa shape index (κ2) is 5.08. The lowest BCUT2D eigenvalue weighted by molar-refractivity contribution is 0.244. The molecule has 0 atom stereocenters. The van der Waals surface area contributed by atoms with E-state index in [9.17, 15) is 0 Å². The first-order valence-electron chi connectivity index (χ1n) is 6.05. The summed E-state index contributed by atoms with van der Waals surface area (Å²) < 4.78 is 5.61. The van der Waals surface area contributed by atoms with Crippen molar-refractivity contribution in [3.8, 4) is 16.9 Å². The highest BCUT2D eigenvalue weighted by Crippen LogP contribution is 2.28. The molecule has 0 aliphatic rings. The molecule has 3 nitrogen and oxygen atoms in total. The van der Waals surface area contributed by atoms with Crippen LogP contribution in [-0.4, -0.2) is 11.1 Å². The Hall–Kier alpha value is -2.03. The fourth-order valence-corrected chi connectivity index (χ4v) is 1.73. The molecular weight excluding hydrogens is 224 g/mol. The third-order valence-electron chi connectivity index (χ3n) is 2.62. The van der Waals surface area contributed by atoms with Crippen molar-refractivity contribution < 1.29 is 4.74 Å². The molecule has 0 spiro atoms. The zero-order valence-corrected chi connectivity index (χ0v) is 11.0. The summed E-state index contributed by atoms with van der Waals surface area (Å²) in [6, 6.07) is 9.86. The molecule has 2 N–H and O–H groups in total. The number of rotatable bonds is 3. The van der Waals surface area contributed by atoms with Crippen LogP contribution in [0.5, 0.6) is 5.75 Å². The summed E-state index contributed by atoms with van der Waals surface area (Å²) in [6.07, 6.45) is 1.98. The van der Waals surface area contributed by atoms with Crippen molar-refractivity contribution in [2.75, 3.05) is 5.73 Å². The molecule has 2 aromatic rings. The number of aryl methyl sites for hydroxylation is 1. The number of anilines is 1. The van der Waals surface area contributed by atoms with Crippen molar-refractivity contribution in [2.45, 2.75) is 26.9 Å². The van der Waals surface area contributed by atoms with Crippen LogP contribution >= 0.6 is 0 Å². The van der Waals surface area contributed by atoms with Crippen molar-refractivity contribution in [2.24, 2.45) is 0 Å². The number of pyridine rings is 1. The van der Waals surface area contributed by atoms with E-state index in [1.807, 2.05) is 57.3 Å². The lowest BCUT2D eigenvalue weighted by Gasteiger charge is -2.13. The van der Waals surface area contributed by atoms with Gasteiger partial charge in [0.05, 0.1) is 11.8 Å². The van der Waals surface area contributed by atoms with Gasteiger partial charge in [-0.15, -0.1) is 0 Å². The smallest absolute Gasteiger partial charge is 0.142 e. The molecule has 0 saturated heterocycles. The Bertz CT molecular complexity index is 533. The van der Waals surface area contributed by atoms with Crippen LogP contribution in [0, 0.1) is 6.92 Å². The molecule has 0 bridgehead atoms. The van der Waals surface area contributed by atoms with Crippen LogP contribution in [-0.2, 0) is 0 Å². The van der Waals surface area contributed by atoms with Crippen molar-refractivity contribution >= 4 is 5.69 Å². The lowest BCUT2D eigenvalue weighted by Crippen LogP contribution is -2.07. The van der Waals surface area contributed by atoms with Crippen LogP contribution in [0.4, 0.5) is 5.69 Å². The number of ether oxygens (including phenoxy) is 1. The van der Waals surface area contributed by atoms with Gasteiger partial charge >= 0.3 is 0 Å². The quantitative estimate of drug-likeness (QED) is 0.839. The second-order valence-corrected chi connectivity index (χ2v) is 4.61. The second-order valence-electron chi connectivity index (χ2n) is 4.61. The first-order chi connectivity index (χ1) is 8.56. The molecule has 3 heteroatoms. The maximum Gasteiger partial charge on any atom is 0.142 e. The Morgan fingerprint density at radius 1 is 1.11 bits per heavy atom. The van der Waals surface area contributed by atoms with Gasteiger partial charge in [-0.3, -0.25) is 4.98 Å². The van der Waals surface area contributed by atoms with Gasteiger partial charge < -0.3 is 10.5 Å². The van der Waals surface area contributed by atoms with E-state index < -0.39 is 0 Å². The molecule has 0 saturated carbocycles. The number of nitrogens with zero attached hydrogens (tertiary/aromatic N) is 1. The zero-order chi connectivity index (χ0) is 13.1. The SMILES string of the molecule is Cc1ccc(-c2ccc(OC(C)C)c(N)c2)cn1. The largest absolute Gasteiger partial charge is 0.489 e. The molecule has 0 radical (unpaired) electrons. The van der Waals surface area contributed by atoms with Crippen LogP contribution < -0.4 is 10.5 Å². The van der Waals surface area contributed by atoms with Gasteiger partial charge in [0.15, 0.2) is 0 Å². The summed E-state index contributed by atoms with van der Waals surface area (Å²) >= 11 is 0. The fourth-order valence-electron chi connectivity index (χ4n) is 1.73. The standard InChI is InChI=1S/C15H18N2O/c1-10(2)18-15-7-6-12(8-14(15)16)13-5-4-11(3)17-9-13/h4-10H,16H2,1-3H3. The number of hydrogen-bond acceptors (Lipinski definition) is 3. The third-order valence-corrected chi connectivity index (χ3v) is 2.62. The van der Waals surface area contributed by atoms with Crippen LogP contribution in [0.3, 0.4) is 0 Å². The maximum absolute atomic E-state index is 5.99. The minimum absolute atomic E-state index is 0.124. The lowest BCUT2D eigenvalue weighted by atomic mass is 10.1. The highest BCUT2D eigenvalue weighted by Gasteiger charge is 2.05. The van der Waals surface area contributed by atoms with E-state index in [1.165, 1.54) is 0 Å². The third kappa shape index (κ3) is 2.80. The minimum Gasteiger partial charge on any atom is -0.489 e. The Kier molecular flexibility index (Phi) is 3.51. The molecule has 0 aliphatic heterocycles. The maximum atomic E-state index is 5.99. The van der Waals surface area contributed by atoms with E-state index in [0.717, 1.165) is 22.6 Å². The Balaban J connectivity index is 2.31. The van der Waals surface area contributed by atoms with Gasteiger partial charge in [0, 0.05) is 17.5 Å². The van der Waals surface area contributed by atoms with E-state index in [4.69, 9.17) is 10.5 Å². The predicted molar refractivity (Wildman–Crippen MR) is 74.6 cm³/mol. The summed E-state index contributed by atoms with van der Waals surface area (Å²) in [4.78, 5) is 4.28. The number of aromatic nitrogens is 1. The average Bonchev–Trinajstić information content (AvgIpc) is 2.32. The van der Waals surface area contributed by atoms with Crippen LogP contribution in [0.1, 0.15) is 19.5 Å². The van der Waals surface area contributed by atoms with Crippen LogP contribution in [0.25, 0.3) is 11.1 Å². The summed E-state index contributed by atoms with van der Waals surface area (Å²) in [7, 11) is 0. The molecule has 0 aliphatic carbocycles. The highest BCUT2D eigenvalue weighted by atomic mass is 16.5. The van der Waals surface area contributed by atoms with E-state index in [-0.39, 0.29) is 6.10 Å². The minimum atomic E-state index is 0.124. The predicted octanol–water partition coefficient (Wildman–Crippen LogP) is 3.43. The molecule has 1 aromatic carbocycles. The van der Waals surface area contributed by atoms with Crippen molar-refractivity contribution in [1.82, 2.24) is 4.98 Å². The Labute approximate surface area is 108 Å². The normalized spacial score (nSPS) is 10.7. The van der Waals surface area contributed by atoms with E-state index in [2.05, 4.69) is 4.98 Å². The van der Waals surface area contributed by atoms with Gasteiger partial charge in [0.2, 0.25) is 0 Å². The number of hydrogen-bond donors (Lipinski definition) is 1. The van der Waals surface area contributed by atoms with Crippen LogP contribution in [0.2, 0.25) is 0 Å². The number of benzene rings is 1. The molecule has 1 heterocycles. The highest BCUT2D eigenvalue weighted by molar-refractivity contribution is 5.70.